The average Bonchev–Trinajstić information content (AvgIpc) is 3.30. The minimum absolute atomic E-state index is 0.250. The molecule has 0 saturated carbocycles. The predicted octanol–water partition coefficient (Wildman–Crippen LogP) is 2.67. The molecule has 4 rings (SSSR count). The van der Waals surface area contributed by atoms with Gasteiger partial charge in [0.25, 0.3) is 6.47 Å². The maximum absolute atomic E-state index is 8.36. The molecule has 0 atom stereocenters. The SMILES string of the molecule is Cc1nc(-c2nccn2-c2ccc(N3CCCCC3)nc2)cn1C.O=CO. The minimum atomic E-state index is -0.250. The number of hydrogen-bond acceptors (Lipinski definition) is 5. The number of imidazole rings is 2. The van der Waals surface area contributed by atoms with Gasteiger partial charge in [0.2, 0.25) is 0 Å². The van der Waals surface area contributed by atoms with Gasteiger partial charge in [-0.15, -0.1) is 0 Å². The van der Waals surface area contributed by atoms with Crippen LogP contribution in [0, 0.1) is 6.92 Å². The van der Waals surface area contributed by atoms with Crippen LogP contribution in [0.1, 0.15) is 25.1 Å². The molecule has 27 heavy (non-hydrogen) atoms. The van der Waals surface area contributed by atoms with E-state index in [0.29, 0.717) is 0 Å². The average molecular weight is 368 g/mol. The lowest BCUT2D eigenvalue weighted by Gasteiger charge is -2.27. The van der Waals surface area contributed by atoms with Crippen molar-refractivity contribution < 1.29 is 9.90 Å². The number of rotatable bonds is 3. The highest BCUT2D eigenvalue weighted by molar-refractivity contribution is 5.54. The molecule has 1 saturated heterocycles. The van der Waals surface area contributed by atoms with Crippen molar-refractivity contribution in [3.05, 3.63) is 42.7 Å². The van der Waals surface area contributed by atoms with Gasteiger partial charge in [0.1, 0.15) is 17.3 Å². The zero-order valence-electron chi connectivity index (χ0n) is 15.6. The number of aromatic nitrogens is 5. The van der Waals surface area contributed by atoms with Crippen molar-refractivity contribution in [2.75, 3.05) is 18.0 Å². The van der Waals surface area contributed by atoms with Crippen molar-refractivity contribution in [2.45, 2.75) is 26.2 Å². The highest BCUT2D eigenvalue weighted by Gasteiger charge is 2.14. The largest absolute Gasteiger partial charge is 0.483 e. The molecule has 0 aromatic carbocycles. The number of piperidine rings is 1. The molecule has 8 nitrogen and oxygen atoms in total. The molecule has 1 fully saturated rings. The van der Waals surface area contributed by atoms with Crippen LogP contribution >= 0.6 is 0 Å². The first-order chi connectivity index (χ1) is 13.1. The number of carbonyl (C=O) groups is 1. The van der Waals surface area contributed by atoms with Gasteiger partial charge in [-0.25, -0.2) is 15.0 Å². The van der Waals surface area contributed by atoms with Gasteiger partial charge in [-0.2, -0.15) is 0 Å². The van der Waals surface area contributed by atoms with Crippen LogP contribution < -0.4 is 4.90 Å². The summed E-state index contributed by atoms with van der Waals surface area (Å²) < 4.78 is 4.04. The summed E-state index contributed by atoms with van der Waals surface area (Å²) in [5.41, 5.74) is 1.88. The molecular weight excluding hydrogens is 344 g/mol. The summed E-state index contributed by atoms with van der Waals surface area (Å²) in [6.45, 7) is 3.96. The van der Waals surface area contributed by atoms with Crippen LogP contribution in [0.2, 0.25) is 0 Å². The van der Waals surface area contributed by atoms with E-state index in [9.17, 15) is 0 Å². The molecule has 0 aliphatic carbocycles. The Labute approximate surface area is 158 Å². The monoisotopic (exact) mass is 368 g/mol. The second kappa shape index (κ2) is 8.48. The summed E-state index contributed by atoms with van der Waals surface area (Å²) in [4.78, 5) is 24.5. The summed E-state index contributed by atoms with van der Waals surface area (Å²) in [6.07, 6.45) is 11.5. The maximum Gasteiger partial charge on any atom is 0.290 e. The number of nitrogens with zero attached hydrogens (tertiary/aromatic N) is 6. The fourth-order valence-corrected chi connectivity index (χ4v) is 3.20. The van der Waals surface area contributed by atoms with Crippen molar-refractivity contribution in [1.29, 1.82) is 0 Å². The first kappa shape index (κ1) is 18.6. The molecule has 1 N–H and O–H groups in total. The van der Waals surface area contributed by atoms with Crippen LogP contribution in [0.5, 0.6) is 0 Å². The number of anilines is 1. The fraction of sp³-hybridized carbons (Fsp3) is 0.368. The van der Waals surface area contributed by atoms with Crippen LogP contribution in [0.3, 0.4) is 0 Å². The molecule has 1 aliphatic rings. The van der Waals surface area contributed by atoms with E-state index in [1.165, 1.54) is 19.3 Å². The van der Waals surface area contributed by atoms with E-state index in [4.69, 9.17) is 9.90 Å². The van der Waals surface area contributed by atoms with E-state index in [0.717, 1.165) is 41.9 Å². The van der Waals surface area contributed by atoms with Crippen molar-refractivity contribution >= 4 is 12.3 Å². The van der Waals surface area contributed by atoms with E-state index >= 15 is 0 Å². The van der Waals surface area contributed by atoms with Gasteiger partial charge in [-0.3, -0.25) is 9.36 Å². The summed E-state index contributed by atoms with van der Waals surface area (Å²) in [6, 6.07) is 4.21. The molecule has 8 heteroatoms. The fourth-order valence-electron chi connectivity index (χ4n) is 3.20. The van der Waals surface area contributed by atoms with E-state index < -0.39 is 0 Å². The molecule has 3 aromatic rings. The Morgan fingerprint density at radius 1 is 1.15 bits per heavy atom. The third kappa shape index (κ3) is 4.16. The Morgan fingerprint density at radius 2 is 1.89 bits per heavy atom. The Balaban J connectivity index is 0.000000659. The smallest absolute Gasteiger partial charge is 0.290 e. The molecule has 3 aromatic heterocycles. The third-order valence-corrected chi connectivity index (χ3v) is 4.67. The Hall–Kier alpha value is -3.16. The standard InChI is InChI=1S/C18H22N6.CH2O2/c1-14-21-16(13-22(14)2)18-19-8-11-24(18)15-6-7-17(20-12-15)23-9-4-3-5-10-23;2-1-3/h6-8,11-13H,3-5,9-10H2,1-2H3;1H,(H,2,3). The highest BCUT2D eigenvalue weighted by Crippen LogP contribution is 2.23. The number of pyridine rings is 1. The van der Waals surface area contributed by atoms with Gasteiger partial charge < -0.3 is 14.6 Å². The Morgan fingerprint density at radius 3 is 2.48 bits per heavy atom. The normalized spacial score (nSPS) is 13.8. The van der Waals surface area contributed by atoms with Crippen molar-refractivity contribution in [2.24, 2.45) is 7.05 Å². The quantitative estimate of drug-likeness (QED) is 0.715. The Bertz CT molecular complexity index is 858. The van der Waals surface area contributed by atoms with E-state index in [1.54, 1.807) is 6.20 Å². The Kier molecular flexibility index (Phi) is 5.85. The molecule has 1 aliphatic heterocycles. The van der Waals surface area contributed by atoms with Gasteiger partial charge in [0.05, 0.1) is 11.9 Å². The van der Waals surface area contributed by atoms with Crippen molar-refractivity contribution in [3.63, 3.8) is 0 Å². The van der Waals surface area contributed by atoms with Crippen LogP contribution in [0.25, 0.3) is 17.2 Å². The molecule has 142 valence electrons. The summed E-state index contributed by atoms with van der Waals surface area (Å²) in [5.74, 6) is 2.87. The summed E-state index contributed by atoms with van der Waals surface area (Å²) in [7, 11) is 1.99. The van der Waals surface area contributed by atoms with Crippen LogP contribution in [-0.4, -0.2) is 48.8 Å². The topological polar surface area (TPSA) is 89.1 Å². The van der Waals surface area contributed by atoms with Gasteiger partial charge in [0, 0.05) is 38.7 Å². The summed E-state index contributed by atoms with van der Waals surface area (Å²) in [5, 5.41) is 6.89. The van der Waals surface area contributed by atoms with Crippen LogP contribution in [0.4, 0.5) is 5.82 Å². The number of carboxylic acid groups (broad SMARTS) is 1. The van der Waals surface area contributed by atoms with E-state index in [2.05, 4.69) is 32.0 Å². The molecule has 0 radical (unpaired) electrons. The van der Waals surface area contributed by atoms with Gasteiger partial charge >= 0.3 is 0 Å². The number of hydrogen-bond donors (Lipinski definition) is 1. The number of aryl methyl sites for hydroxylation is 2. The van der Waals surface area contributed by atoms with E-state index in [-0.39, 0.29) is 6.47 Å². The van der Waals surface area contributed by atoms with E-state index in [1.807, 2.05) is 41.7 Å². The zero-order chi connectivity index (χ0) is 19.2. The summed E-state index contributed by atoms with van der Waals surface area (Å²) >= 11 is 0. The van der Waals surface area contributed by atoms with Crippen LogP contribution in [-0.2, 0) is 11.8 Å². The van der Waals surface area contributed by atoms with Crippen molar-refractivity contribution in [1.82, 2.24) is 24.1 Å². The lowest BCUT2D eigenvalue weighted by Crippen LogP contribution is -2.30. The van der Waals surface area contributed by atoms with Gasteiger partial charge in [-0.05, 0) is 38.3 Å². The molecule has 0 bridgehead atoms. The first-order valence-electron chi connectivity index (χ1n) is 8.97. The zero-order valence-corrected chi connectivity index (χ0v) is 15.6. The first-order valence-corrected chi connectivity index (χ1v) is 8.97. The minimum Gasteiger partial charge on any atom is -0.483 e. The lowest BCUT2D eigenvalue weighted by atomic mass is 10.1. The van der Waals surface area contributed by atoms with Gasteiger partial charge in [0.15, 0.2) is 5.82 Å². The molecule has 0 spiro atoms. The molecule has 4 heterocycles. The molecule has 0 unspecified atom stereocenters. The third-order valence-electron chi connectivity index (χ3n) is 4.67. The second-order valence-corrected chi connectivity index (χ2v) is 6.43. The van der Waals surface area contributed by atoms with Crippen LogP contribution in [0.15, 0.2) is 36.9 Å². The molecule has 0 amide bonds. The van der Waals surface area contributed by atoms with Gasteiger partial charge in [-0.1, -0.05) is 0 Å². The highest BCUT2D eigenvalue weighted by atomic mass is 16.3. The van der Waals surface area contributed by atoms with Crippen molar-refractivity contribution in [3.8, 4) is 17.2 Å². The maximum atomic E-state index is 8.36. The lowest BCUT2D eigenvalue weighted by molar-refractivity contribution is -0.122. The predicted molar refractivity (Wildman–Crippen MR) is 103 cm³/mol. The second-order valence-electron chi connectivity index (χ2n) is 6.43. The molecular formula is C19H24N6O2.